The van der Waals surface area contributed by atoms with E-state index in [0.29, 0.717) is 68.6 Å². The molecule has 0 saturated carbocycles. The summed E-state index contributed by atoms with van der Waals surface area (Å²) in [6, 6.07) is 3.29. The van der Waals surface area contributed by atoms with Gasteiger partial charge in [0.05, 0.1) is 13.4 Å². The van der Waals surface area contributed by atoms with Crippen LogP contribution in [0.25, 0.3) is 0 Å². The molecule has 0 bridgehead atoms. The Bertz CT molecular complexity index is 747. The highest BCUT2D eigenvalue weighted by molar-refractivity contribution is 7.88. The quantitative estimate of drug-likeness (QED) is 0.774. The Morgan fingerprint density at radius 3 is 2.60 bits per heavy atom. The van der Waals surface area contributed by atoms with Crippen LogP contribution in [0.2, 0.25) is 0 Å². The number of carbonyl (C=O) groups excluding carboxylic acids is 1. The minimum absolute atomic E-state index is 0.175. The van der Waals surface area contributed by atoms with Crippen molar-refractivity contribution >= 4 is 15.9 Å². The van der Waals surface area contributed by atoms with Crippen molar-refractivity contribution in [1.82, 2.24) is 9.21 Å². The van der Waals surface area contributed by atoms with Crippen molar-refractivity contribution in [2.45, 2.75) is 6.42 Å². The maximum Gasteiger partial charge on any atom is 0.254 e. The van der Waals surface area contributed by atoms with Gasteiger partial charge in [-0.1, -0.05) is 0 Å². The van der Waals surface area contributed by atoms with E-state index in [2.05, 4.69) is 0 Å². The SMILES string of the molecule is COc1cc(C(=O)N2CCCN(S(C)(=O)=O)CC2)cc2c1OCCO2. The topological polar surface area (TPSA) is 85.4 Å². The van der Waals surface area contributed by atoms with Gasteiger partial charge in [0.25, 0.3) is 5.91 Å². The maximum absolute atomic E-state index is 12.9. The third-order valence-corrected chi connectivity index (χ3v) is 5.59. The first-order valence-corrected chi connectivity index (χ1v) is 9.97. The molecule has 1 fully saturated rings. The largest absolute Gasteiger partial charge is 0.493 e. The van der Waals surface area contributed by atoms with Crippen molar-refractivity contribution in [3.8, 4) is 17.2 Å². The van der Waals surface area contributed by atoms with Gasteiger partial charge < -0.3 is 19.1 Å². The van der Waals surface area contributed by atoms with E-state index in [1.807, 2.05) is 0 Å². The summed E-state index contributed by atoms with van der Waals surface area (Å²) in [5, 5.41) is 0. The van der Waals surface area contributed by atoms with Crippen LogP contribution in [-0.4, -0.2) is 76.3 Å². The van der Waals surface area contributed by atoms with Crippen LogP contribution in [0.1, 0.15) is 16.8 Å². The molecule has 0 aliphatic carbocycles. The number of rotatable bonds is 3. The summed E-state index contributed by atoms with van der Waals surface area (Å²) in [7, 11) is -1.74. The van der Waals surface area contributed by atoms with Crippen molar-refractivity contribution in [3.05, 3.63) is 17.7 Å². The van der Waals surface area contributed by atoms with E-state index in [0.717, 1.165) is 0 Å². The number of methoxy groups -OCH3 is 1. The summed E-state index contributed by atoms with van der Waals surface area (Å²) < 4.78 is 41.2. The Hall–Kier alpha value is -2.00. The number of sulfonamides is 1. The van der Waals surface area contributed by atoms with Crippen LogP contribution in [0, 0.1) is 0 Å². The Kier molecular flexibility index (Phi) is 5.05. The van der Waals surface area contributed by atoms with E-state index >= 15 is 0 Å². The molecule has 1 aromatic rings. The lowest BCUT2D eigenvalue weighted by molar-refractivity contribution is 0.0762. The molecule has 25 heavy (non-hydrogen) atoms. The average molecular weight is 370 g/mol. The van der Waals surface area contributed by atoms with Crippen LogP contribution in [0.15, 0.2) is 12.1 Å². The van der Waals surface area contributed by atoms with E-state index in [4.69, 9.17) is 14.2 Å². The van der Waals surface area contributed by atoms with Gasteiger partial charge in [-0.05, 0) is 18.6 Å². The second kappa shape index (κ2) is 7.09. The lowest BCUT2D eigenvalue weighted by Crippen LogP contribution is -2.37. The minimum atomic E-state index is -3.25. The molecule has 1 amide bonds. The van der Waals surface area contributed by atoms with Gasteiger partial charge in [0.2, 0.25) is 15.8 Å². The van der Waals surface area contributed by atoms with Gasteiger partial charge in [-0.3, -0.25) is 4.79 Å². The highest BCUT2D eigenvalue weighted by Gasteiger charge is 2.27. The third-order valence-electron chi connectivity index (χ3n) is 4.29. The van der Waals surface area contributed by atoms with Gasteiger partial charge in [0.15, 0.2) is 11.5 Å². The Morgan fingerprint density at radius 2 is 1.88 bits per heavy atom. The monoisotopic (exact) mass is 370 g/mol. The molecule has 2 heterocycles. The lowest BCUT2D eigenvalue weighted by atomic mass is 10.1. The number of hydrogen-bond acceptors (Lipinski definition) is 6. The Labute approximate surface area is 147 Å². The van der Waals surface area contributed by atoms with Gasteiger partial charge in [-0.2, -0.15) is 0 Å². The Morgan fingerprint density at radius 1 is 1.12 bits per heavy atom. The van der Waals surface area contributed by atoms with Crippen molar-refractivity contribution in [2.75, 3.05) is 52.8 Å². The first kappa shape index (κ1) is 17.8. The highest BCUT2D eigenvalue weighted by atomic mass is 32.2. The van der Waals surface area contributed by atoms with Gasteiger partial charge in [-0.15, -0.1) is 0 Å². The zero-order chi connectivity index (χ0) is 18.0. The van der Waals surface area contributed by atoms with Crippen molar-refractivity contribution in [2.24, 2.45) is 0 Å². The Balaban J connectivity index is 1.81. The molecule has 0 unspecified atom stereocenters. The van der Waals surface area contributed by atoms with Crippen LogP contribution in [-0.2, 0) is 10.0 Å². The number of amides is 1. The zero-order valence-corrected chi connectivity index (χ0v) is 15.2. The molecule has 2 aliphatic heterocycles. The second-order valence-corrected chi connectivity index (χ2v) is 7.99. The minimum Gasteiger partial charge on any atom is -0.493 e. The molecule has 0 atom stereocenters. The molecular formula is C16H22N2O6S. The average Bonchev–Trinajstić information content (AvgIpc) is 2.86. The first-order chi connectivity index (χ1) is 11.9. The van der Waals surface area contributed by atoms with Crippen LogP contribution >= 0.6 is 0 Å². The molecule has 1 aromatic carbocycles. The molecule has 1 saturated heterocycles. The molecule has 0 aromatic heterocycles. The normalized spacial score (nSPS) is 18.6. The van der Waals surface area contributed by atoms with E-state index < -0.39 is 10.0 Å². The number of carbonyl (C=O) groups is 1. The fraction of sp³-hybridized carbons (Fsp3) is 0.562. The predicted molar refractivity (Wildman–Crippen MR) is 90.9 cm³/mol. The van der Waals surface area contributed by atoms with Gasteiger partial charge >= 0.3 is 0 Å². The summed E-state index contributed by atoms with van der Waals surface area (Å²) in [6.07, 6.45) is 1.79. The standard InChI is InChI=1S/C16H22N2O6S/c1-22-13-10-12(11-14-15(13)24-9-8-23-14)16(19)17-4-3-5-18(7-6-17)25(2,20)21/h10-11H,3-9H2,1-2H3. The zero-order valence-electron chi connectivity index (χ0n) is 14.4. The molecule has 138 valence electrons. The van der Waals surface area contributed by atoms with E-state index in [9.17, 15) is 13.2 Å². The van der Waals surface area contributed by atoms with Crippen LogP contribution in [0.5, 0.6) is 17.2 Å². The van der Waals surface area contributed by atoms with Gasteiger partial charge in [-0.25, -0.2) is 12.7 Å². The fourth-order valence-electron chi connectivity index (χ4n) is 3.01. The summed E-state index contributed by atoms with van der Waals surface area (Å²) >= 11 is 0. The van der Waals surface area contributed by atoms with Crippen LogP contribution in [0.4, 0.5) is 0 Å². The summed E-state index contributed by atoms with van der Waals surface area (Å²) in [5.41, 5.74) is 0.439. The van der Waals surface area contributed by atoms with Crippen LogP contribution < -0.4 is 14.2 Å². The van der Waals surface area contributed by atoms with E-state index in [1.54, 1.807) is 17.0 Å². The molecular weight excluding hydrogens is 348 g/mol. The smallest absolute Gasteiger partial charge is 0.254 e. The molecule has 0 spiro atoms. The highest BCUT2D eigenvalue weighted by Crippen LogP contribution is 2.40. The first-order valence-electron chi connectivity index (χ1n) is 8.12. The van der Waals surface area contributed by atoms with E-state index in [1.165, 1.54) is 17.7 Å². The predicted octanol–water partition coefficient (Wildman–Crippen LogP) is 0.574. The van der Waals surface area contributed by atoms with Crippen LogP contribution in [0.3, 0.4) is 0 Å². The summed E-state index contributed by atoms with van der Waals surface area (Å²) in [5.74, 6) is 1.27. The van der Waals surface area contributed by atoms with Crippen molar-refractivity contribution < 1.29 is 27.4 Å². The molecule has 8 nitrogen and oxygen atoms in total. The van der Waals surface area contributed by atoms with Crippen molar-refractivity contribution in [3.63, 3.8) is 0 Å². The molecule has 3 rings (SSSR count). The second-order valence-electron chi connectivity index (χ2n) is 6.01. The summed E-state index contributed by atoms with van der Waals surface area (Å²) in [4.78, 5) is 14.5. The van der Waals surface area contributed by atoms with Gasteiger partial charge in [0.1, 0.15) is 13.2 Å². The molecule has 0 N–H and O–H groups in total. The van der Waals surface area contributed by atoms with Crippen molar-refractivity contribution in [1.29, 1.82) is 0 Å². The number of fused-ring (bicyclic) bond motifs is 1. The lowest BCUT2D eigenvalue weighted by Gasteiger charge is -2.24. The third kappa shape index (κ3) is 3.82. The van der Waals surface area contributed by atoms with E-state index in [-0.39, 0.29) is 5.91 Å². The fourth-order valence-corrected chi connectivity index (χ4v) is 3.88. The maximum atomic E-state index is 12.9. The molecule has 0 radical (unpaired) electrons. The number of hydrogen-bond donors (Lipinski definition) is 0. The number of ether oxygens (including phenoxy) is 3. The van der Waals surface area contributed by atoms with Gasteiger partial charge in [0, 0.05) is 31.7 Å². The molecule has 9 heteroatoms. The molecule has 2 aliphatic rings. The number of benzene rings is 1. The summed E-state index contributed by atoms with van der Waals surface area (Å²) in [6.45, 7) is 2.43. The number of nitrogens with zero attached hydrogens (tertiary/aromatic N) is 2.